The van der Waals surface area contributed by atoms with Crippen LogP contribution in [0.15, 0.2) is 35.1 Å². The first-order chi connectivity index (χ1) is 15.8. The van der Waals surface area contributed by atoms with E-state index in [0.717, 1.165) is 12.1 Å². The lowest BCUT2D eigenvalue weighted by atomic mass is 9.95. The molecule has 10 heteroatoms. The molecule has 1 aliphatic heterocycles. The monoisotopic (exact) mass is 457 g/mol. The molecule has 5 rings (SSSR count). The molecule has 0 spiro atoms. The Bertz CT molecular complexity index is 1490. The van der Waals surface area contributed by atoms with Crippen molar-refractivity contribution in [2.75, 3.05) is 13.7 Å². The number of hydrogen-bond acceptors (Lipinski definition) is 4. The van der Waals surface area contributed by atoms with Gasteiger partial charge in [-0.25, -0.2) is 13.2 Å². The predicted octanol–water partition coefficient (Wildman–Crippen LogP) is 3.26. The summed E-state index contributed by atoms with van der Waals surface area (Å²) in [6.45, 7) is -0.295. The van der Waals surface area contributed by atoms with Crippen molar-refractivity contribution < 1.29 is 27.8 Å². The van der Waals surface area contributed by atoms with Gasteiger partial charge < -0.3 is 24.7 Å². The fraction of sp³-hybridized carbons (Fsp3) is 0.217. The number of pyridine rings is 1. The molecule has 1 atom stereocenters. The number of nitrogens with zero attached hydrogens (tertiary/aromatic N) is 1. The van der Waals surface area contributed by atoms with Crippen molar-refractivity contribution in [2.45, 2.75) is 19.3 Å². The molecule has 7 nitrogen and oxygen atoms in total. The van der Waals surface area contributed by atoms with Crippen molar-refractivity contribution in [2.24, 2.45) is 0 Å². The van der Waals surface area contributed by atoms with Crippen LogP contribution in [0.2, 0.25) is 0 Å². The number of aromatic nitrogens is 2. The summed E-state index contributed by atoms with van der Waals surface area (Å²) in [6, 6.07) is 5.00. The molecule has 0 aliphatic carbocycles. The zero-order chi connectivity index (χ0) is 23.4. The number of H-pyrrole nitrogens is 2. The SMILES string of the molecule is CN(C(=O)c1cc2c(CO)cc(F)cc2[nH]1)[C@H]1COCc2[nH]c(=O)c3cc(F)c(F)cc3c21. The quantitative estimate of drug-likeness (QED) is 0.440. The Labute approximate surface area is 184 Å². The largest absolute Gasteiger partial charge is 0.392 e. The molecule has 33 heavy (non-hydrogen) atoms. The van der Waals surface area contributed by atoms with E-state index in [-0.39, 0.29) is 29.7 Å². The van der Waals surface area contributed by atoms with E-state index in [0.29, 0.717) is 27.7 Å². The molecule has 2 aromatic carbocycles. The van der Waals surface area contributed by atoms with Gasteiger partial charge in [-0.2, -0.15) is 0 Å². The van der Waals surface area contributed by atoms with E-state index in [9.17, 15) is 27.9 Å². The molecule has 170 valence electrons. The van der Waals surface area contributed by atoms with Gasteiger partial charge in [-0.05, 0) is 41.3 Å². The van der Waals surface area contributed by atoms with Crippen molar-refractivity contribution in [3.05, 3.63) is 80.7 Å². The summed E-state index contributed by atoms with van der Waals surface area (Å²) in [6.07, 6.45) is 0. The highest BCUT2D eigenvalue weighted by molar-refractivity contribution is 5.99. The second-order valence-electron chi connectivity index (χ2n) is 7.97. The molecule has 0 fully saturated rings. The second kappa shape index (κ2) is 7.75. The molecule has 0 saturated heterocycles. The predicted molar refractivity (Wildman–Crippen MR) is 113 cm³/mol. The van der Waals surface area contributed by atoms with Crippen molar-refractivity contribution >= 4 is 27.6 Å². The minimum absolute atomic E-state index is 0.0333. The van der Waals surface area contributed by atoms with E-state index in [1.54, 1.807) is 0 Å². The number of aliphatic hydroxyl groups is 1. The van der Waals surface area contributed by atoms with Gasteiger partial charge in [0.2, 0.25) is 0 Å². The van der Waals surface area contributed by atoms with E-state index in [1.165, 1.54) is 30.1 Å². The van der Waals surface area contributed by atoms with Crippen LogP contribution in [-0.2, 0) is 18.0 Å². The summed E-state index contributed by atoms with van der Waals surface area (Å²) in [5, 5.41) is 10.2. The van der Waals surface area contributed by atoms with Crippen LogP contribution in [0.25, 0.3) is 21.7 Å². The van der Waals surface area contributed by atoms with E-state index in [1.807, 2.05) is 0 Å². The van der Waals surface area contributed by atoms with E-state index in [4.69, 9.17) is 4.74 Å². The number of halogens is 3. The van der Waals surface area contributed by atoms with E-state index in [2.05, 4.69) is 9.97 Å². The van der Waals surface area contributed by atoms with Gasteiger partial charge in [-0.3, -0.25) is 9.59 Å². The fourth-order valence-electron chi connectivity index (χ4n) is 4.40. The molecule has 1 amide bonds. The number of aromatic amines is 2. The minimum Gasteiger partial charge on any atom is -0.392 e. The summed E-state index contributed by atoms with van der Waals surface area (Å²) < 4.78 is 47.2. The number of carbonyl (C=O) groups is 1. The molecule has 0 radical (unpaired) electrons. The van der Waals surface area contributed by atoms with Gasteiger partial charge in [0.25, 0.3) is 11.5 Å². The Morgan fingerprint density at radius 2 is 1.82 bits per heavy atom. The van der Waals surface area contributed by atoms with Crippen LogP contribution >= 0.6 is 0 Å². The van der Waals surface area contributed by atoms with Crippen LogP contribution in [0.3, 0.4) is 0 Å². The molecule has 0 unspecified atom stereocenters. The lowest BCUT2D eigenvalue weighted by Gasteiger charge is -2.33. The normalized spacial score (nSPS) is 15.7. The number of hydrogen-bond donors (Lipinski definition) is 3. The Hall–Kier alpha value is -3.63. The first-order valence-corrected chi connectivity index (χ1v) is 10.1. The minimum atomic E-state index is -1.15. The van der Waals surface area contributed by atoms with Gasteiger partial charge in [-0.1, -0.05) is 0 Å². The van der Waals surface area contributed by atoms with Crippen LogP contribution in [0.5, 0.6) is 0 Å². The van der Waals surface area contributed by atoms with E-state index >= 15 is 0 Å². The average Bonchev–Trinajstić information content (AvgIpc) is 3.22. The number of nitrogens with one attached hydrogen (secondary N) is 2. The summed E-state index contributed by atoms with van der Waals surface area (Å²) in [5.41, 5.74) is 1.07. The van der Waals surface area contributed by atoms with Crippen molar-refractivity contribution in [3.8, 4) is 0 Å². The molecule has 4 aromatic rings. The summed E-state index contributed by atoms with van der Waals surface area (Å²) >= 11 is 0. The number of carbonyl (C=O) groups excluding carboxylic acids is 1. The number of rotatable bonds is 3. The van der Waals surface area contributed by atoms with Crippen LogP contribution in [0.4, 0.5) is 13.2 Å². The zero-order valence-corrected chi connectivity index (χ0v) is 17.3. The van der Waals surface area contributed by atoms with Crippen molar-refractivity contribution in [1.82, 2.24) is 14.9 Å². The van der Waals surface area contributed by atoms with Crippen molar-refractivity contribution in [3.63, 3.8) is 0 Å². The maximum absolute atomic E-state index is 14.1. The van der Waals surface area contributed by atoms with Crippen LogP contribution < -0.4 is 5.56 Å². The third kappa shape index (κ3) is 3.38. The fourth-order valence-corrected chi connectivity index (χ4v) is 4.40. The highest BCUT2D eigenvalue weighted by Crippen LogP contribution is 2.34. The van der Waals surface area contributed by atoms with Gasteiger partial charge in [0.05, 0.1) is 31.2 Å². The molecule has 1 aliphatic rings. The molecule has 3 N–H and O–H groups in total. The topological polar surface area (TPSA) is 98.4 Å². The van der Waals surface area contributed by atoms with Crippen LogP contribution in [-0.4, -0.2) is 39.5 Å². The number of benzene rings is 2. The van der Waals surface area contributed by atoms with Gasteiger partial charge in [0, 0.05) is 29.2 Å². The molecule has 0 saturated carbocycles. The Morgan fingerprint density at radius 3 is 2.55 bits per heavy atom. The number of aliphatic hydroxyl groups excluding tert-OH is 1. The number of amides is 1. The molecular formula is C23H18F3N3O4. The standard InChI is InChI=1S/C23H18F3N3O4/c1-29(23(32)18-6-12-10(7-30)2-11(24)3-17(12)27-18)20-9-33-8-19-21(20)13-4-15(25)16(26)5-14(13)22(31)28-19/h2-6,20,27,30H,7-9H2,1H3,(H,28,31)/t20-/m0/s1. The maximum Gasteiger partial charge on any atom is 0.270 e. The van der Waals surface area contributed by atoms with Gasteiger partial charge >= 0.3 is 0 Å². The number of likely N-dealkylation sites (N-methyl/N-ethyl adjacent to an activating group) is 1. The third-order valence-corrected chi connectivity index (χ3v) is 6.02. The van der Waals surface area contributed by atoms with Gasteiger partial charge in [0.15, 0.2) is 11.6 Å². The molecule has 0 bridgehead atoms. The summed E-state index contributed by atoms with van der Waals surface area (Å²) in [5.74, 6) is -3.28. The first kappa shape index (κ1) is 21.2. The van der Waals surface area contributed by atoms with Gasteiger partial charge in [0.1, 0.15) is 11.5 Å². The molecule has 3 heterocycles. The Balaban J connectivity index is 1.61. The number of fused-ring (bicyclic) bond motifs is 4. The first-order valence-electron chi connectivity index (χ1n) is 10.1. The van der Waals surface area contributed by atoms with Gasteiger partial charge in [-0.15, -0.1) is 0 Å². The number of ether oxygens (including phenoxy) is 1. The highest BCUT2D eigenvalue weighted by Gasteiger charge is 2.32. The van der Waals surface area contributed by atoms with Crippen LogP contribution in [0.1, 0.15) is 33.4 Å². The molecule has 2 aromatic heterocycles. The zero-order valence-electron chi connectivity index (χ0n) is 17.3. The van der Waals surface area contributed by atoms with Crippen molar-refractivity contribution in [1.29, 1.82) is 0 Å². The maximum atomic E-state index is 14.1. The summed E-state index contributed by atoms with van der Waals surface area (Å²) in [7, 11) is 1.52. The highest BCUT2D eigenvalue weighted by atomic mass is 19.2. The Morgan fingerprint density at radius 1 is 1.09 bits per heavy atom. The Kier molecular flexibility index (Phi) is 4.98. The molecular weight excluding hydrogens is 439 g/mol. The lowest BCUT2D eigenvalue weighted by molar-refractivity contribution is 0.0333. The van der Waals surface area contributed by atoms with E-state index < -0.39 is 41.6 Å². The average molecular weight is 457 g/mol. The lowest BCUT2D eigenvalue weighted by Crippen LogP contribution is -2.37. The smallest absolute Gasteiger partial charge is 0.270 e. The van der Waals surface area contributed by atoms with Crippen LogP contribution in [0, 0.1) is 17.5 Å². The second-order valence-corrected chi connectivity index (χ2v) is 7.97. The third-order valence-electron chi connectivity index (χ3n) is 6.02. The summed E-state index contributed by atoms with van der Waals surface area (Å²) in [4.78, 5) is 32.6.